The average molecular weight is 421 g/mol. The zero-order chi connectivity index (χ0) is 21.8. The van der Waals surface area contributed by atoms with Crippen molar-refractivity contribution in [3.05, 3.63) is 42.0 Å². The number of amides is 1. The van der Waals surface area contributed by atoms with Gasteiger partial charge in [0.05, 0.1) is 4.90 Å². The molecule has 1 unspecified atom stereocenters. The number of fused-ring (bicyclic) bond motifs is 1. The molecule has 0 spiro atoms. The Balaban J connectivity index is 2.54. The molecule has 0 aliphatic rings. The van der Waals surface area contributed by atoms with E-state index in [1.807, 2.05) is 52.8 Å². The van der Waals surface area contributed by atoms with Crippen molar-refractivity contribution in [2.24, 2.45) is 11.8 Å². The fourth-order valence-electron chi connectivity index (χ4n) is 3.34. The molecular weight excluding hydrogens is 388 g/mol. The lowest BCUT2D eigenvalue weighted by molar-refractivity contribution is -0.133. The summed E-state index contributed by atoms with van der Waals surface area (Å²) in [6, 6.07) is 9.89. The minimum absolute atomic E-state index is 0.0774. The normalized spacial score (nSPS) is 13.4. The van der Waals surface area contributed by atoms with Crippen molar-refractivity contribution in [3.8, 4) is 0 Å². The summed E-state index contributed by atoms with van der Waals surface area (Å²) in [5, 5.41) is 11.0. The topological polar surface area (TPSA) is 86.7 Å². The predicted molar refractivity (Wildman–Crippen MR) is 115 cm³/mol. The van der Waals surface area contributed by atoms with Crippen molar-refractivity contribution in [3.63, 3.8) is 0 Å². The van der Waals surface area contributed by atoms with Crippen molar-refractivity contribution in [1.82, 2.24) is 9.79 Å². The van der Waals surface area contributed by atoms with E-state index < -0.39 is 22.0 Å². The molecule has 1 amide bonds. The molecule has 0 saturated carbocycles. The van der Waals surface area contributed by atoms with Crippen LogP contribution >= 0.6 is 0 Å². The highest BCUT2D eigenvalue weighted by Crippen LogP contribution is 2.26. The van der Waals surface area contributed by atoms with Crippen molar-refractivity contribution in [2.45, 2.75) is 58.4 Å². The van der Waals surface area contributed by atoms with E-state index in [9.17, 15) is 18.4 Å². The summed E-state index contributed by atoms with van der Waals surface area (Å²) in [5.74, 6) is -0.361. The first kappa shape index (κ1) is 23.3. The number of hydroxylamine groups is 1. The molecule has 6 nitrogen and oxygen atoms in total. The molecule has 0 aliphatic heterocycles. The van der Waals surface area contributed by atoms with E-state index in [1.54, 1.807) is 23.7 Å². The zero-order valence-corrected chi connectivity index (χ0v) is 18.7. The monoisotopic (exact) mass is 420 g/mol. The summed E-state index contributed by atoms with van der Waals surface area (Å²) < 4.78 is 28.4. The molecule has 0 radical (unpaired) electrons. The molecule has 0 aliphatic carbocycles. The summed E-state index contributed by atoms with van der Waals surface area (Å²) in [6.07, 6.45) is 0.926. The fourth-order valence-corrected chi connectivity index (χ4v) is 4.99. The minimum atomic E-state index is -3.94. The molecule has 2 aromatic rings. The number of hydrogen-bond acceptors (Lipinski definition) is 4. The summed E-state index contributed by atoms with van der Waals surface area (Å²) in [5.41, 5.74) is 2.75. The number of hydrogen-bond donors (Lipinski definition) is 2. The molecule has 2 aromatic carbocycles. The first-order valence-electron chi connectivity index (χ1n) is 10.0. The number of sulfonamides is 1. The molecule has 0 saturated heterocycles. The molecule has 0 bridgehead atoms. The Labute approximate surface area is 173 Å². The van der Waals surface area contributed by atoms with Gasteiger partial charge < -0.3 is 0 Å². The molecule has 2 N–H and O–H groups in total. The smallest absolute Gasteiger partial charge is 0.261 e. The second kappa shape index (κ2) is 9.69. The van der Waals surface area contributed by atoms with E-state index in [2.05, 4.69) is 0 Å². The number of aryl methyl sites for hydroxylation is 1. The third kappa shape index (κ3) is 5.78. The van der Waals surface area contributed by atoms with Gasteiger partial charge in [-0.2, -0.15) is 4.31 Å². The van der Waals surface area contributed by atoms with Crippen LogP contribution in [0.2, 0.25) is 0 Å². The maximum absolute atomic E-state index is 13.6. The fraction of sp³-hybridized carbons (Fsp3) is 0.500. The van der Waals surface area contributed by atoms with Gasteiger partial charge in [0, 0.05) is 6.54 Å². The van der Waals surface area contributed by atoms with Gasteiger partial charge in [-0.1, -0.05) is 57.5 Å². The highest BCUT2D eigenvalue weighted by Gasteiger charge is 2.36. The Bertz CT molecular complexity index is 954. The van der Waals surface area contributed by atoms with Gasteiger partial charge in [0.15, 0.2) is 0 Å². The van der Waals surface area contributed by atoms with Gasteiger partial charge in [-0.3, -0.25) is 10.0 Å². The van der Waals surface area contributed by atoms with Crippen LogP contribution in [0.3, 0.4) is 0 Å². The zero-order valence-electron chi connectivity index (χ0n) is 17.8. The molecule has 160 valence electrons. The lowest BCUT2D eigenvalue weighted by atomic mass is 10.0. The lowest BCUT2D eigenvalue weighted by Gasteiger charge is -2.31. The molecule has 7 heteroatoms. The Morgan fingerprint density at radius 1 is 1.03 bits per heavy atom. The maximum atomic E-state index is 13.6. The number of nitrogens with one attached hydrogen (secondary N) is 1. The van der Waals surface area contributed by atoms with E-state index in [4.69, 9.17) is 0 Å². The number of rotatable bonds is 9. The quantitative estimate of drug-likeness (QED) is 0.472. The summed E-state index contributed by atoms with van der Waals surface area (Å²) in [7, 11) is -3.94. The SMILES string of the molecule is Cc1ccc2cc(S(=O)(=O)N(CCC(C)C)C(CC(C)C)C(=O)NO)ccc2c1. The van der Waals surface area contributed by atoms with Gasteiger partial charge in [-0.05, 0) is 54.5 Å². The third-order valence-corrected chi connectivity index (χ3v) is 6.86. The molecular formula is C22H32N2O4S. The van der Waals surface area contributed by atoms with E-state index >= 15 is 0 Å². The average Bonchev–Trinajstić information content (AvgIpc) is 2.65. The highest BCUT2D eigenvalue weighted by molar-refractivity contribution is 7.89. The standard InChI is InChI=1S/C22H32N2O4S/c1-15(2)10-11-24(21(12-16(3)4)22(25)23-26)29(27,28)20-9-8-18-13-17(5)6-7-19(18)14-20/h6-9,13-16,21,26H,10-12H2,1-5H3,(H,23,25). The predicted octanol–water partition coefficient (Wildman–Crippen LogP) is 4.11. The van der Waals surface area contributed by atoms with Gasteiger partial charge in [0.25, 0.3) is 5.91 Å². The van der Waals surface area contributed by atoms with Gasteiger partial charge in [-0.15, -0.1) is 0 Å². The van der Waals surface area contributed by atoms with Crippen molar-refractivity contribution < 1.29 is 18.4 Å². The number of nitrogens with zero attached hydrogens (tertiary/aromatic N) is 1. The largest absolute Gasteiger partial charge is 0.289 e. The van der Waals surface area contributed by atoms with Crippen LogP contribution < -0.4 is 5.48 Å². The van der Waals surface area contributed by atoms with Crippen LogP contribution in [0.5, 0.6) is 0 Å². The second-order valence-electron chi connectivity index (χ2n) is 8.43. The molecule has 0 heterocycles. The van der Waals surface area contributed by atoms with Crippen molar-refractivity contribution >= 4 is 26.7 Å². The van der Waals surface area contributed by atoms with Gasteiger partial charge in [0.2, 0.25) is 10.0 Å². The Morgan fingerprint density at radius 2 is 1.66 bits per heavy atom. The van der Waals surface area contributed by atoms with E-state index in [0.717, 1.165) is 16.3 Å². The van der Waals surface area contributed by atoms with Gasteiger partial charge in [0.1, 0.15) is 6.04 Å². The second-order valence-corrected chi connectivity index (χ2v) is 10.3. The van der Waals surface area contributed by atoms with Crippen LogP contribution in [0.4, 0.5) is 0 Å². The number of carbonyl (C=O) groups is 1. The molecule has 1 atom stereocenters. The number of carbonyl (C=O) groups excluding carboxylic acids is 1. The van der Waals surface area contributed by atoms with Crippen LogP contribution in [0.25, 0.3) is 10.8 Å². The van der Waals surface area contributed by atoms with E-state index in [-0.39, 0.29) is 23.3 Å². The van der Waals surface area contributed by atoms with Gasteiger partial charge in [-0.25, -0.2) is 13.9 Å². The Hall–Kier alpha value is -1.96. The maximum Gasteiger partial charge on any atom is 0.261 e. The summed E-state index contributed by atoms with van der Waals surface area (Å²) in [4.78, 5) is 12.5. The van der Waals surface area contributed by atoms with Crippen LogP contribution in [0, 0.1) is 18.8 Å². The van der Waals surface area contributed by atoms with Gasteiger partial charge >= 0.3 is 0 Å². The highest BCUT2D eigenvalue weighted by atomic mass is 32.2. The molecule has 29 heavy (non-hydrogen) atoms. The first-order chi connectivity index (χ1) is 13.6. The summed E-state index contributed by atoms with van der Waals surface area (Å²) >= 11 is 0. The lowest BCUT2D eigenvalue weighted by Crippen LogP contribution is -2.50. The van der Waals surface area contributed by atoms with Crippen molar-refractivity contribution in [2.75, 3.05) is 6.54 Å². The van der Waals surface area contributed by atoms with Crippen LogP contribution in [-0.4, -0.2) is 36.4 Å². The molecule has 0 fully saturated rings. The Morgan fingerprint density at radius 3 is 2.24 bits per heavy atom. The minimum Gasteiger partial charge on any atom is -0.289 e. The van der Waals surface area contributed by atoms with Crippen LogP contribution in [0.1, 0.15) is 46.1 Å². The van der Waals surface area contributed by atoms with E-state index in [0.29, 0.717) is 12.8 Å². The van der Waals surface area contributed by atoms with Crippen LogP contribution in [0.15, 0.2) is 41.3 Å². The summed E-state index contributed by atoms with van der Waals surface area (Å²) in [6.45, 7) is 10.0. The number of benzene rings is 2. The van der Waals surface area contributed by atoms with Crippen LogP contribution in [-0.2, 0) is 14.8 Å². The molecule has 2 rings (SSSR count). The van der Waals surface area contributed by atoms with E-state index in [1.165, 1.54) is 4.31 Å². The third-order valence-electron chi connectivity index (χ3n) is 4.96. The van der Waals surface area contributed by atoms with Crippen molar-refractivity contribution in [1.29, 1.82) is 0 Å². The molecule has 0 aromatic heterocycles. The first-order valence-corrected chi connectivity index (χ1v) is 11.5. The Kier molecular flexibility index (Phi) is 7.80.